The van der Waals surface area contributed by atoms with E-state index >= 15 is 0 Å². The number of nitrogens with zero attached hydrogens (tertiary/aromatic N) is 1. The van der Waals surface area contributed by atoms with E-state index in [-0.39, 0.29) is 11.9 Å². The van der Waals surface area contributed by atoms with Crippen LogP contribution in [-0.2, 0) is 0 Å². The van der Waals surface area contributed by atoms with Gasteiger partial charge in [-0.2, -0.15) is 0 Å². The summed E-state index contributed by atoms with van der Waals surface area (Å²) in [4.78, 5) is 4.08. The van der Waals surface area contributed by atoms with Crippen LogP contribution in [0.3, 0.4) is 0 Å². The molecule has 0 aliphatic rings. The van der Waals surface area contributed by atoms with Crippen LogP contribution in [0.1, 0.15) is 26.3 Å². The number of amidine groups is 1. The Morgan fingerprint density at radius 3 is 2.67 bits per heavy atom. The summed E-state index contributed by atoms with van der Waals surface area (Å²) < 4.78 is 5.64. The minimum absolute atomic E-state index is 0.0194. The summed E-state index contributed by atoms with van der Waals surface area (Å²) in [5.41, 5.74) is 5.98. The number of aromatic nitrogens is 1. The highest BCUT2D eigenvalue weighted by atomic mass is 16.5. The first-order valence-corrected chi connectivity index (χ1v) is 4.98. The zero-order chi connectivity index (χ0) is 11.4. The van der Waals surface area contributed by atoms with Crippen molar-refractivity contribution in [3.05, 3.63) is 23.9 Å². The molecule has 3 N–H and O–H groups in total. The Bertz CT molecular complexity index is 349. The summed E-state index contributed by atoms with van der Waals surface area (Å²) >= 11 is 0. The van der Waals surface area contributed by atoms with Gasteiger partial charge >= 0.3 is 0 Å². The van der Waals surface area contributed by atoms with Crippen LogP contribution in [0.5, 0.6) is 5.88 Å². The second-order valence-corrected chi connectivity index (χ2v) is 3.84. The summed E-state index contributed by atoms with van der Waals surface area (Å²) in [5, 5.41) is 7.39. The zero-order valence-electron chi connectivity index (χ0n) is 9.32. The van der Waals surface area contributed by atoms with Crippen LogP contribution in [-0.4, -0.2) is 16.9 Å². The lowest BCUT2D eigenvalue weighted by Gasteiger charge is -2.18. The molecule has 15 heavy (non-hydrogen) atoms. The number of nitrogens with one attached hydrogen (secondary N) is 1. The third-order valence-electron chi connectivity index (χ3n) is 2.30. The molecule has 0 saturated heterocycles. The lowest BCUT2D eigenvalue weighted by molar-refractivity contribution is 0.163. The van der Waals surface area contributed by atoms with Crippen LogP contribution in [0.4, 0.5) is 0 Å². The molecule has 82 valence electrons. The van der Waals surface area contributed by atoms with Gasteiger partial charge in [0.2, 0.25) is 5.88 Å². The van der Waals surface area contributed by atoms with Crippen LogP contribution in [0.15, 0.2) is 18.3 Å². The van der Waals surface area contributed by atoms with E-state index in [9.17, 15) is 0 Å². The highest BCUT2D eigenvalue weighted by Crippen LogP contribution is 2.17. The van der Waals surface area contributed by atoms with Crippen molar-refractivity contribution in [3.63, 3.8) is 0 Å². The van der Waals surface area contributed by atoms with Crippen molar-refractivity contribution in [2.75, 3.05) is 0 Å². The molecular formula is C11H17N3O. The molecular weight excluding hydrogens is 190 g/mol. The van der Waals surface area contributed by atoms with Gasteiger partial charge in [0.1, 0.15) is 5.84 Å². The van der Waals surface area contributed by atoms with Crippen LogP contribution >= 0.6 is 0 Å². The van der Waals surface area contributed by atoms with Crippen LogP contribution < -0.4 is 10.5 Å². The normalized spacial score (nSPS) is 12.5. The second-order valence-electron chi connectivity index (χ2n) is 3.84. The minimum atomic E-state index is -0.0194. The van der Waals surface area contributed by atoms with Gasteiger partial charge in [-0.25, -0.2) is 4.98 Å². The van der Waals surface area contributed by atoms with Gasteiger partial charge in [-0.1, -0.05) is 13.8 Å². The molecule has 0 saturated carbocycles. The van der Waals surface area contributed by atoms with E-state index in [1.807, 2.05) is 6.92 Å². The molecule has 1 aromatic rings. The standard InChI is InChI=1S/C11H17N3O/c1-7(2)8(3)15-11-9(10(12)13)5-4-6-14-11/h4-8H,1-3H3,(H3,12,13). The van der Waals surface area contributed by atoms with E-state index in [1.54, 1.807) is 18.3 Å². The predicted octanol–water partition coefficient (Wildman–Crippen LogP) is 1.79. The molecule has 1 unspecified atom stereocenters. The van der Waals surface area contributed by atoms with Gasteiger partial charge in [-0.15, -0.1) is 0 Å². The highest BCUT2D eigenvalue weighted by molar-refractivity contribution is 5.96. The first-order valence-electron chi connectivity index (χ1n) is 4.98. The summed E-state index contributed by atoms with van der Waals surface area (Å²) in [6.45, 7) is 6.12. The van der Waals surface area contributed by atoms with E-state index in [2.05, 4.69) is 18.8 Å². The molecule has 1 heterocycles. The van der Waals surface area contributed by atoms with Crippen LogP contribution in [0.25, 0.3) is 0 Å². The van der Waals surface area contributed by atoms with Gasteiger partial charge in [0, 0.05) is 6.20 Å². The van der Waals surface area contributed by atoms with Crippen molar-refractivity contribution in [1.29, 1.82) is 5.41 Å². The van der Waals surface area contributed by atoms with E-state index in [1.165, 1.54) is 0 Å². The summed E-state index contributed by atoms with van der Waals surface area (Å²) in [7, 11) is 0. The number of hydrogen-bond donors (Lipinski definition) is 2. The van der Waals surface area contributed by atoms with Gasteiger partial charge in [0.05, 0.1) is 11.7 Å². The van der Waals surface area contributed by atoms with Gasteiger partial charge in [-0.05, 0) is 25.0 Å². The van der Waals surface area contributed by atoms with Crippen LogP contribution in [0, 0.1) is 11.3 Å². The maximum Gasteiger partial charge on any atom is 0.224 e. The van der Waals surface area contributed by atoms with Gasteiger partial charge in [-0.3, -0.25) is 5.41 Å². The number of ether oxygens (including phenoxy) is 1. The average molecular weight is 207 g/mol. The van der Waals surface area contributed by atoms with E-state index < -0.39 is 0 Å². The van der Waals surface area contributed by atoms with E-state index in [4.69, 9.17) is 15.9 Å². The molecule has 4 heteroatoms. The number of nitrogens with two attached hydrogens (primary N) is 1. The number of rotatable bonds is 4. The van der Waals surface area contributed by atoms with Crippen LogP contribution in [0.2, 0.25) is 0 Å². The Kier molecular flexibility index (Phi) is 3.66. The Balaban J connectivity index is 2.89. The van der Waals surface area contributed by atoms with Gasteiger partial charge in [0.25, 0.3) is 0 Å². The summed E-state index contributed by atoms with van der Waals surface area (Å²) in [6.07, 6.45) is 1.69. The molecule has 1 atom stereocenters. The summed E-state index contributed by atoms with van der Waals surface area (Å²) in [6, 6.07) is 3.47. The molecule has 0 spiro atoms. The summed E-state index contributed by atoms with van der Waals surface area (Å²) in [5.74, 6) is 0.812. The third kappa shape index (κ3) is 2.94. The third-order valence-corrected chi connectivity index (χ3v) is 2.30. The van der Waals surface area contributed by atoms with Gasteiger partial charge < -0.3 is 10.5 Å². The van der Waals surface area contributed by atoms with Crippen molar-refractivity contribution in [3.8, 4) is 5.88 Å². The molecule has 0 aromatic carbocycles. The largest absolute Gasteiger partial charge is 0.474 e. The first kappa shape index (κ1) is 11.5. The minimum Gasteiger partial charge on any atom is -0.474 e. The topological polar surface area (TPSA) is 72.0 Å². The fraction of sp³-hybridized carbons (Fsp3) is 0.455. The average Bonchev–Trinajstić information content (AvgIpc) is 2.18. The Morgan fingerprint density at radius 1 is 1.47 bits per heavy atom. The quantitative estimate of drug-likeness (QED) is 0.584. The first-order chi connectivity index (χ1) is 7.02. The smallest absolute Gasteiger partial charge is 0.224 e. The molecule has 1 aromatic heterocycles. The Morgan fingerprint density at radius 2 is 2.13 bits per heavy atom. The molecule has 0 amide bonds. The molecule has 0 aliphatic heterocycles. The van der Waals surface area contributed by atoms with Crippen molar-refractivity contribution < 1.29 is 4.74 Å². The fourth-order valence-corrected chi connectivity index (χ4v) is 1.00. The predicted molar refractivity (Wildman–Crippen MR) is 60.2 cm³/mol. The number of pyridine rings is 1. The van der Waals surface area contributed by atoms with E-state index in [0.717, 1.165) is 0 Å². The number of hydrogen-bond acceptors (Lipinski definition) is 3. The van der Waals surface area contributed by atoms with E-state index in [0.29, 0.717) is 17.4 Å². The molecule has 0 bridgehead atoms. The number of nitrogen functional groups attached to an aromatic ring is 1. The molecule has 0 radical (unpaired) electrons. The monoisotopic (exact) mass is 207 g/mol. The van der Waals surface area contributed by atoms with Crippen molar-refractivity contribution >= 4 is 5.84 Å². The Labute approximate surface area is 90.0 Å². The maximum absolute atomic E-state index is 7.39. The zero-order valence-corrected chi connectivity index (χ0v) is 9.32. The molecule has 1 rings (SSSR count). The fourth-order valence-electron chi connectivity index (χ4n) is 1.00. The second kappa shape index (κ2) is 4.77. The SMILES string of the molecule is CC(C)C(C)Oc1ncccc1C(=N)N. The van der Waals surface area contributed by atoms with Crippen molar-refractivity contribution in [2.45, 2.75) is 26.9 Å². The molecule has 0 fully saturated rings. The molecule has 4 nitrogen and oxygen atoms in total. The molecule has 0 aliphatic carbocycles. The lowest BCUT2D eigenvalue weighted by Crippen LogP contribution is -2.22. The van der Waals surface area contributed by atoms with Gasteiger partial charge in [0.15, 0.2) is 0 Å². The maximum atomic E-state index is 7.39. The lowest BCUT2D eigenvalue weighted by atomic mass is 10.1. The van der Waals surface area contributed by atoms with Crippen molar-refractivity contribution in [2.24, 2.45) is 11.7 Å². The highest BCUT2D eigenvalue weighted by Gasteiger charge is 2.13. The Hall–Kier alpha value is -1.58. The van der Waals surface area contributed by atoms with Crippen molar-refractivity contribution in [1.82, 2.24) is 4.98 Å².